The van der Waals surface area contributed by atoms with E-state index in [0.29, 0.717) is 31.0 Å². The van der Waals surface area contributed by atoms with Crippen LogP contribution < -0.4 is 16.4 Å². The van der Waals surface area contributed by atoms with E-state index in [4.69, 9.17) is 16.9 Å². The van der Waals surface area contributed by atoms with Crippen molar-refractivity contribution in [3.63, 3.8) is 0 Å². The van der Waals surface area contributed by atoms with Crippen molar-refractivity contribution >= 4 is 28.2 Å². The summed E-state index contributed by atoms with van der Waals surface area (Å²) in [4.78, 5) is 18.0. The first-order valence-electron chi connectivity index (χ1n) is 11.7. The van der Waals surface area contributed by atoms with Crippen molar-refractivity contribution in [3.05, 3.63) is 77.4 Å². The Hall–Kier alpha value is -3.38. The summed E-state index contributed by atoms with van der Waals surface area (Å²) in [5.74, 6) is 0.743. The van der Waals surface area contributed by atoms with Crippen molar-refractivity contribution in [1.82, 2.24) is 4.90 Å². The Kier molecular flexibility index (Phi) is 5.77. The van der Waals surface area contributed by atoms with Gasteiger partial charge in [0.2, 0.25) is 5.91 Å². The highest BCUT2D eigenvalue weighted by molar-refractivity contribution is 5.97. The van der Waals surface area contributed by atoms with Crippen LogP contribution in [0.1, 0.15) is 29.5 Å². The summed E-state index contributed by atoms with van der Waals surface area (Å²) in [5.41, 5.74) is 15.7. The molecule has 0 aromatic heterocycles. The molecule has 3 aromatic carbocycles. The molecule has 6 nitrogen and oxygen atoms in total. The van der Waals surface area contributed by atoms with Crippen LogP contribution in [-0.4, -0.2) is 42.3 Å². The van der Waals surface area contributed by atoms with E-state index in [-0.39, 0.29) is 17.8 Å². The molecule has 0 spiro atoms. The number of rotatable bonds is 5. The second-order valence-electron chi connectivity index (χ2n) is 9.25. The van der Waals surface area contributed by atoms with Crippen molar-refractivity contribution in [2.45, 2.75) is 31.8 Å². The molecule has 1 unspecified atom stereocenters. The summed E-state index contributed by atoms with van der Waals surface area (Å²) in [6, 6.07) is 20.3. The number of likely N-dealkylation sites (tertiary alicyclic amines) is 1. The molecule has 0 bridgehead atoms. The zero-order valence-electron chi connectivity index (χ0n) is 18.8. The van der Waals surface area contributed by atoms with Crippen LogP contribution in [0.25, 0.3) is 10.8 Å². The van der Waals surface area contributed by atoms with Gasteiger partial charge in [-0.25, -0.2) is 0 Å². The van der Waals surface area contributed by atoms with Crippen LogP contribution in [0.5, 0.6) is 0 Å². The summed E-state index contributed by atoms with van der Waals surface area (Å²) in [5, 5.41) is 10.3. The fourth-order valence-electron chi connectivity index (χ4n) is 5.29. The number of nitrogens with two attached hydrogens (primary N) is 2. The van der Waals surface area contributed by atoms with Crippen LogP contribution in [-0.2, 0) is 17.8 Å². The van der Waals surface area contributed by atoms with Gasteiger partial charge in [-0.05, 0) is 53.3 Å². The predicted octanol–water partition coefficient (Wildman–Crippen LogP) is 3.25. The number of hydrogen-bond acceptors (Lipinski definition) is 4. The van der Waals surface area contributed by atoms with E-state index in [9.17, 15) is 4.79 Å². The third-order valence-electron chi connectivity index (χ3n) is 7.26. The van der Waals surface area contributed by atoms with Crippen molar-refractivity contribution in [2.75, 3.05) is 24.5 Å². The number of amides is 1. The third kappa shape index (κ3) is 4.07. The molecular weight excluding hydrogens is 410 g/mol. The number of amidine groups is 1. The lowest BCUT2D eigenvalue weighted by atomic mass is 9.96. The highest BCUT2D eigenvalue weighted by Gasteiger charge is 2.38. The number of hydrogen-bond donors (Lipinski definition) is 3. The molecule has 170 valence electrons. The molecule has 0 aliphatic carbocycles. The topological polar surface area (TPSA) is 99.4 Å². The minimum absolute atomic E-state index is 0.0431. The zero-order chi connectivity index (χ0) is 22.9. The first-order valence-corrected chi connectivity index (χ1v) is 11.7. The van der Waals surface area contributed by atoms with Crippen LogP contribution in [0.3, 0.4) is 0 Å². The molecule has 2 aliphatic rings. The molecule has 0 saturated carbocycles. The molecule has 3 aromatic rings. The molecule has 33 heavy (non-hydrogen) atoms. The number of nitrogen functional groups attached to an aromatic ring is 1. The number of nitrogens with zero attached hydrogens (tertiary/aromatic N) is 2. The Morgan fingerprint density at radius 3 is 2.55 bits per heavy atom. The Morgan fingerprint density at radius 2 is 1.79 bits per heavy atom. The smallest absolute Gasteiger partial charge is 0.245 e. The molecule has 1 saturated heterocycles. The first-order chi connectivity index (χ1) is 16.0. The van der Waals surface area contributed by atoms with Gasteiger partial charge in [-0.15, -0.1) is 0 Å². The number of carbonyl (C=O) groups is 1. The minimum Gasteiger partial charge on any atom is -0.384 e. The second kappa shape index (κ2) is 8.87. The molecular formula is C27H31N5O. The molecule has 5 N–H and O–H groups in total. The lowest BCUT2D eigenvalue weighted by Gasteiger charge is -2.36. The van der Waals surface area contributed by atoms with E-state index in [1.54, 1.807) is 0 Å². The zero-order valence-corrected chi connectivity index (χ0v) is 18.8. The van der Waals surface area contributed by atoms with Crippen LogP contribution in [0.2, 0.25) is 0 Å². The summed E-state index contributed by atoms with van der Waals surface area (Å²) >= 11 is 0. The summed E-state index contributed by atoms with van der Waals surface area (Å²) in [6.45, 7) is 2.87. The van der Waals surface area contributed by atoms with Crippen LogP contribution in [0, 0.1) is 11.3 Å². The summed E-state index contributed by atoms with van der Waals surface area (Å²) < 4.78 is 0. The minimum atomic E-state index is -0.254. The SMILES string of the molecule is N=C(N)c1ccc2c(c1)N(Cc1cccc3ccccc13)C(C(=O)N1CCC(CN)CC1)C2. The van der Waals surface area contributed by atoms with Gasteiger partial charge in [-0.3, -0.25) is 10.2 Å². The molecule has 1 atom stereocenters. The average molecular weight is 442 g/mol. The molecule has 0 radical (unpaired) electrons. The monoisotopic (exact) mass is 441 g/mol. The Balaban J connectivity index is 1.50. The fourth-order valence-corrected chi connectivity index (χ4v) is 5.29. The molecule has 2 aliphatic heterocycles. The van der Waals surface area contributed by atoms with Gasteiger partial charge >= 0.3 is 0 Å². The number of carbonyl (C=O) groups excluding carboxylic acids is 1. The second-order valence-corrected chi connectivity index (χ2v) is 9.25. The normalized spacial score (nSPS) is 18.5. The Labute approximate surface area is 194 Å². The van der Waals surface area contributed by atoms with Crippen molar-refractivity contribution < 1.29 is 4.79 Å². The van der Waals surface area contributed by atoms with E-state index < -0.39 is 0 Å². The lowest BCUT2D eigenvalue weighted by Crippen LogP contribution is -2.50. The third-order valence-corrected chi connectivity index (χ3v) is 7.26. The number of nitrogens with one attached hydrogen (secondary N) is 1. The average Bonchev–Trinajstić information content (AvgIpc) is 3.21. The maximum atomic E-state index is 13.7. The van der Waals surface area contributed by atoms with E-state index in [2.05, 4.69) is 41.3 Å². The van der Waals surface area contributed by atoms with Crippen LogP contribution in [0.15, 0.2) is 60.7 Å². The number of anilines is 1. The van der Waals surface area contributed by atoms with Gasteiger partial charge in [-0.1, -0.05) is 54.6 Å². The standard InChI is InChI=1S/C27H31N5O/c28-16-18-10-12-31(13-11-18)27(33)25-14-20-8-9-21(26(29)30)15-24(20)32(25)17-22-6-3-5-19-4-1-2-7-23(19)22/h1-9,15,18,25H,10-14,16-17,28H2,(H3,29,30). The largest absolute Gasteiger partial charge is 0.384 e. The maximum absolute atomic E-state index is 13.7. The van der Waals surface area contributed by atoms with Gasteiger partial charge in [-0.2, -0.15) is 0 Å². The van der Waals surface area contributed by atoms with Crippen molar-refractivity contribution in [2.24, 2.45) is 17.4 Å². The van der Waals surface area contributed by atoms with Gasteiger partial charge in [0, 0.05) is 37.3 Å². The molecule has 5 rings (SSSR count). The Morgan fingerprint density at radius 1 is 1.03 bits per heavy atom. The fraction of sp³-hybridized carbons (Fsp3) is 0.333. The van der Waals surface area contributed by atoms with Gasteiger partial charge in [0.15, 0.2) is 0 Å². The summed E-state index contributed by atoms with van der Waals surface area (Å²) in [7, 11) is 0. The van der Waals surface area contributed by atoms with Crippen LogP contribution in [0.4, 0.5) is 5.69 Å². The first kappa shape index (κ1) is 21.5. The Bertz CT molecular complexity index is 1190. The molecule has 1 fully saturated rings. The molecule has 2 heterocycles. The van der Waals surface area contributed by atoms with Crippen LogP contribution >= 0.6 is 0 Å². The number of benzene rings is 3. The van der Waals surface area contributed by atoms with E-state index in [0.717, 1.165) is 37.2 Å². The predicted molar refractivity (Wildman–Crippen MR) is 133 cm³/mol. The van der Waals surface area contributed by atoms with Crippen molar-refractivity contribution in [1.29, 1.82) is 5.41 Å². The van der Waals surface area contributed by atoms with E-state index in [1.807, 2.05) is 29.2 Å². The number of piperidine rings is 1. The van der Waals surface area contributed by atoms with Gasteiger partial charge in [0.1, 0.15) is 11.9 Å². The molecule has 6 heteroatoms. The molecule has 1 amide bonds. The number of fused-ring (bicyclic) bond motifs is 2. The maximum Gasteiger partial charge on any atom is 0.245 e. The van der Waals surface area contributed by atoms with Gasteiger partial charge in [0.05, 0.1) is 0 Å². The van der Waals surface area contributed by atoms with E-state index >= 15 is 0 Å². The summed E-state index contributed by atoms with van der Waals surface area (Å²) in [6.07, 6.45) is 2.62. The quantitative estimate of drug-likeness (QED) is 0.418. The lowest BCUT2D eigenvalue weighted by molar-refractivity contribution is -0.133. The van der Waals surface area contributed by atoms with Gasteiger partial charge in [0.25, 0.3) is 0 Å². The van der Waals surface area contributed by atoms with Gasteiger partial charge < -0.3 is 21.3 Å². The van der Waals surface area contributed by atoms with E-state index in [1.165, 1.54) is 16.3 Å². The highest BCUT2D eigenvalue weighted by atomic mass is 16.2. The highest BCUT2D eigenvalue weighted by Crippen LogP contribution is 2.36. The van der Waals surface area contributed by atoms with Crippen molar-refractivity contribution in [3.8, 4) is 0 Å².